The van der Waals surface area contributed by atoms with E-state index in [1.807, 2.05) is 0 Å². The predicted octanol–water partition coefficient (Wildman–Crippen LogP) is 1.57. The van der Waals surface area contributed by atoms with Crippen LogP contribution in [0.15, 0.2) is 4.99 Å². The zero-order chi connectivity index (χ0) is 17.8. The SMILES string of the molecule is CN(C)C(=O)CN=C(NC1CCCC1)NC1CC2CCCC(C1)N2C. The van der Waals surface area contributed by atoms with Gasteiger partial charge in [0.1, 0.15) is 6.54 Å². The van der Waals surface area contributed by atoms with Gasteiger partial charge in [0.2, 0.25) is 5.91 Å². The van der Waals surface area contributed by atoms with Crippen LogP contribution in [0.4, 0.5) is 0 Å². The summed E-state index contributed by atoms with van der Waals surface area (Å²) in [5.74, 6) is 0.891. The molecule has 0 aromatic rings. The first kappa shape index (κ1) is 18.5. The van der Waals surface area contributed by atoms with Crippen LogP contribution in [0.3, 0.4) is 0 Å². The molecule has 2 N–H and O–H groups in total. The number of amides is 1. The van der Waals surface area contributed by atoms with Crippen molar-refractivity contribution < 1.29 is 4.79 Å². The normalized spacial score (nSPS) is 31.0. The molecule has 2 unspecified atom stereocenters. The molecule has 6 heteroatoms. The summed E-state index contributed by atoms with van der Waals surface area (Å²) >= 11 is 0. The molecule has 2 bridgehead atoms. The maximum absolute atomic E-state index is 11.9. The minimum atomic E-state index is 0.0489. The van der Waals surface area contributed by atoms with E-state index in [0.29, 0.717) is 24.2 Å². The summed E-state index contributed by atoms with van der Waals surface area (Å²) in [6.07, 6.45) is 11.4. The molecule has 2 heterocycles. The summed E-state index contributed by atoms with van der Waals surface area (Å²) in [5.41, 5.74) is 0. The van der Waals surface area contributed by atoms with E-state index in [2.05, 4.69) is 27.6 Å². The van der Waals surface area contributed by atoms with Crippen LogP contribution in [0.2, 0.25) is 0 Å². The van der Waals surface area contributed by atoms with E-state index >= 15 is 0 Å². The van der Waals surface area contributed by atoms with Crippen molar-refractivity contribution in [3.05, 3.63) is 0 Å². The summed E-state index contributed by atoms with van der Waals surface area (Å²) in [7, 11) is 5.85. The number of nitrogens with one attached hydrogen (secondary N) is 2. The van der Waals surface area contributed by atoms with Gasteiger partial charge in [-0.2, -0.15) is 0 Å². The highest BCUT2D eigenvalue weighted by molar-refractivity contribution is 5.85. The molecule has 2 saturated heterocycles. The molecule has 1 amide bonds. The highest BCUT2D eigenvalue weighted by Gasteiger charge is 2.36. The summed E-state index contributed by atoms with van der Waals surface area (Å²) in [4.78, 5) is 20.7. The predicted molar refractivity (Wildman–Crippen MR) is 102 cm³/mol. The second-order valence-electron chi connectivity index (χ2n) is 8.30. The molecule has 3 rings (SSSR count). The number of piperidine rings is 2. The van der Waals surface area contributed by atoms with Gasteiger partial charge in [-0.25, -0.2) is 4.99 Å². The summed E-state index contributed by atoms with van der Waals surface area (Å²) in [6.45, 7) is 0.217. The van der Waals surface area contributed by atoms with Gasteiger partial charge in [0.15, 0.2) is 5.96 Å². The van der Waals surface area contributed by atoms with Crippen molar-refractivity contribution >= 4 is 11.9 Å². The Balaban J connectivity index is 1.62. The average molecular weight is 350 g/mol. The van der Waals surface area contributed by atoms with Crippen LogP contribution in [0.25, 0.3) is 0 Å². The largest absolute Gasteiger partial charge is 0.354 e. The van der Waals surface area contributed by atoms with Gasteiger partial charge in [0, 0.05) is 38.3 Å². The van der Waals surface area contributed by atoms with E-state index in [1.165, 1.54) is 57.8 Å². The van der Waals surface area contributed by atoms with Crippen LogP contribution in [0.5, 0.6) is 0 Å². The fourth-order valence-corrected chi connectivity index (χ4v) is 4.61. The molecule has 0 radical (unpaired) electrons. The number of carbonyl (C=O) groups excluding carboxylic acids is 1. The average Bonchev–Trinajstić information content (AvgIpc) is 3.06. The highest BCUT2D eigenvalue weighted by Crippen LogP contribution is 2.32. The van der Waals surface area contributed by atoms with Crippen LogP contribution in [-0.4, -0.2) is 73.5 Å². The third-order valence-electron chi connectivity index (χ3n) is 6.25. The van der Waals surface area contributed by atoms with Gasteiger partial charge in [-0.05, 0) is 45.6 Å². The molecule has 3 fully saturated rings. The first-order valence-electron chi connectivity index (χ1n) is 10.0. The quantitative estimate of drug-likeness (QED) is 0.597. The lowest BCUT2D eigenvalue weighted by Gasteiger charge is -2.47. The van der Waals surface area contributed by atoms with Crippen LogP contribution in [0, 0.1) is 0 Å². The maximum atomic E-state index is 11.9. The Labute approximate surface area is 152 Å². The smallest absolute Gasteiger partial charge is 0.243 e. The van der Waals surface area contributed by atoms with Gasteiger partial charge >= 0.3 is 0 Å². The Bertz CT molecular complexity index is 472. The van der Waals surface area contributed by atoms with E-state index in [4.69, 9.17) is 0 Å². The van der Waals surface area contributed by atoms with Gasteiger partial charge < -0.3 is 20.4 Å². The minimum absolute atomic E-state index is 0.0489. The van der Waals surface area contributed by atoms with Crippen LogP contribution >= 0.6 is 0 Å². The number of guanidine groups is 1. The Kier molecular flexibility index (Phi) is 6.20. The van der Waals surface area contributed by atoms with Crippen molar-refractivity contribution in [3.8, 4) is 0 Å². The summed E-state index contributed by atoms with van der Waals surface area (Å²) < 4.78 is 0. The molecule has 3 aliphatic rings. The molecule has 6 nitrogen and oxygen atoms in total. The van der Waals surface area contributed by atoms with Gasteiger partial charge in [0.05, 0.1) is 0 Å². The van der Waals surface area contributed by atoms with E-state index in [0.717, 1.165) is 5.96 Å². The Morgan fingerprint density at radius 2 is 1.60 bits per heavy atom. The molecular formula is C19H35N5O. The monoisotopic (exact) mass is 349 g/mol. The Morgan fingerprint density at radius 1 is 1.00 bits per heavy atom. The van der Waals surface area contributed by atoms with Crippen molar-refractivity contribution in [2.75, 3.05) is 27.7 Å². The maximum Gasteiger partial charge on any atom is 0.243 e. The zero-order valence-corrected chi connectivity index (χ0v) is 16.1. The molecule has 1 aliphatic carbocycles. The Morgan fingerprint density at radius 3 is 2.20 bits per heavy atom. The second kappa shape index (κ2) is 8.39. The van der Waals surface area contributed by atoms with E-state index in [9.17, 15) is 4.79 Å². The number of hydrogen-bond acceptors (Lipinski definition) is 3. The lowest BCUT2D eigenvalue weighted by atomic mass is 9.82. The van der Waals surface area contributed by atoms with Crippen LogP contribution < -0.4 is 10.6 Å². The molecule has 0 spiro atoms. The third-order valence-corrected chi connectivity index (χ3v) is 6.25. The van der Waals surface area contributed by atoms with Crippen molar-refractivity contribution in [2.45, 2.75) is 82.0 Å². The standard InChI is InChI=1S/C19H35N5O/c1-23(2)18(25)13-20-19(21-14-7-4-5-8-14)22-15-11-16-9-6-10-17(12-15)24(16)3/h14-17H,4-13H2,1-3H3,(H2,20,21,22). The lowest BCUT2D eigenvalue weighted by molar-refractivity contribution is -0.127. The number of nitrogens with zero attached hydrogens (tertiary/aromatic N) is 3. The van der Waals surface area contributed by atoms with Gasteiger partial charge in [0.25, 0.3) is 0 Å². The number of carbonyl (C=O) groups is 1. The van der Waals surface area contributed by atoms with Gasteiger partial charge in [-0.3, -0.25) is 4.79 Å². The fraction of sp³-hybridized carbons (Fsp3) is 0.895. The first-order valence-corrected chi connectivity index (χ1v) is 10.0. The van der Waals surface area contributed by atoms with E-state index in [-0.39, 0.29) is 12.5 Å². The fourth-order valence-electron chi connectivity index (χ4n) is 4.61. The molecule has 25 heavy (non-hydrogen) atoms. The number of aliphatic imine (C=N–C) groups is 1. The number of fused-ring (bicyclic) bond motifs is 2. The van der Waals surface area contributed by atoms with E-state index < -0.39 is 0 Å². The molecule has 1 saturated carbocycles. The number of likely N-dealkylation sites (N-methyl/N-ethyl adjacent to an activating group) is 1. The van der Waals surface area contributed by atoms with Crippen molar-refractivity contribution in [2.24, 2.45) is 4.99 Å². The molecule has 142 valence electrons. The molecule has 0 aromatic carbocycles. The first-order chi connectivity index (χ1) is 12.0. The number of hydrogen-bond donors (Lipinski definition) is 2. The minimum Gasteiger partial charge on any atom is -0.354 e. The van der Waals surface area contributed by atoms with Crippen LogP contribution in [0.1, 0.15) is 57.8 Å². The molecular weight excluding hydrogens is 314 g/mol. The van der Waals surface area contributed by atoms with E-state index in [1.54, 1.807) is 19.0 Å². The zero-order valence-electron chi connectivity index (χ0n) is 16.1. The summed E-state index contributed by atoms with van der Waals surface area (Å²) in [6, 6.07) is 2.36. The molecule has 0 aromatic heterocycles. The lowest BCUT2D eigenvalue weighted by Crippen LogP contribution is -2.57. The molecule has 2 aliphatic heterocycles. The summed E-state index contributed by atoms with van der Waals surface area (Å²) in [5, 5.41) is 7.26. The third kappa shape index (κ3) is 4.87. The Hall–Kier alpha value is -1.30. The second-order valence-corrected chi connectivity index (χ2v) is 8.30. The number of rotatable bonds is 4. The van der Waals surface area contributed by atoms with Crippen molar-refractivity contribution in [3.63, 3.8) is 0 Å². The van der Waals surface area contributed by atoms with Crippen molar-refractivity contribution in [1.82, 2.24) is 20.4 Å². The molecule has 2 atom stereocenters. The topological polar surface area (TPSA) is 60.0 Å². The highest BCUT2D eigenvalue weighted by atomic mass is 16.2. The van der Waals surface area contributed by atoms with Gasteiger partial charge in [-0.1, -0.05) is 19.3 Å². The van der Waals surface area contributed by atoms with Gasteiger partial charge in [-0.15, -0.1) is 0 Å². The van der Waals surface area contributed by atoms with Crippen molar-refractivity contribution in [1.29, 1.82) is 0 Å². The van der Waals surface area contributed by atoms with Crippen LogP contribution in [-0.2, 0) is 4.79 Å².